The zero-order valence-electron chi connectivity index (χ0n) is 11.1. The molecular formula is C14H15NO3S2. The molecule has 106 valence electrons. The van der Waals surface area contributed by atoms with Crippen molar-refractivity contribution in [2.75, 3.05) is 6.26 Å². The Bertz CT molecular complexity index is 695. The molecule has 0 radical (unpaired) electrons. The molecule has 1 N–H and O–H groups in total. The van der Waals surface area contributed by atoms with Crippen molar-refractivity contribution < 1.29 is 13.5 Å². The van der Waals surface area contributed by atoms with E-state index in [0.29, 0.717) is 4.90 Å². The lowest BCUT2D eigenvalue weighted by molar-refractivity contribution is 0.199. The fourth-order valence-corrected chi connectivity index (χ4v) is 3.07. The molecule has 1 aromatic carbocycles. The van der Waals surface area contributed by atoms with E-state index < -0.39 is 15.9 Å². The van der Waals surface area contributed by atoms with Crippen molar-refractivity contribution in [3.8, 4) is 0 Å². The lowest BCUT2D eigenvalue weighted by atomic mass is 10.2. The molecule has 0 bridgehead atoms. The average Bonchev–Trinajstić information content (AvgIpc) is 2.38. The van der Waals surface area contributed by atoms with Gasteiger partial charge in [0, 0.05) is 17.3 Å². The van der Waals surface area contributed by atoms with Crippen LogP contribution in [0.3, 0.4) is 0 Å². The molecule has 0 saturated heterocycles. The third-order valence-electron chi connectivity index (χ3n) is 2.72. The first-order chi connectivity index (χ1) is 9.36. The number of hydrogen-bond acceptors (Lipinski definition) is 5. The summed E-state index contributed by atoms with van der Waals surface area (Å²) in [4.78, 5) is 5.42. The van der Waals surface area contributed by atoms with Crippen molar-refractivity contribution in [2.45, 2.75) is 27.8 Å². The molecule has 0 saturated carbocycles. The Morgan fingerprint density at radius 2 is 1.85 bits per heavy atom. The molecule has 0 fully saturated rings. The number of hydrogen-bond donors (Lipinski definition) is 1. The van der Waals surface area contributed by atoms with Gasteiger partial charge in [0.25, 0.3) is 0 Å². The molecule has 0 unspecified atom stereocenters. The fraction of sp³-hybridized carbons (Fsp3) is 0.214. The molecule has 0 aliphatic carbocycles. The molecule has 2 rings (SSSR count). The normalized spacial score (nSPS) is 13.2. The maximum atomic E-state index is 11.4. The Kier molecular flexibility index (Phi) is 4.47. The molecule has 0 aliphatic heterocycles. The number of nitrogens with zero attached hydrogens (tertiary/aromatic N) is 1. The zero-order valence-corrected chi connectivity index (χ0v) is 12.8. The van der Waals surface area contributed by atoms with E-state index >= 15 is 0 Å². The minimum absolute atomic E-state index is 0.299. The number of aromatic nitrogens is 1. The highest BCUT2D eigenvalue weighted by Gasteiger charge is 2.08. The van der Waals surface area contributed by atoms with Crippen LogP contribution in [0.1, 0.15) is 18.6 Å². The van der Waals surface area contributed by atoms with Gasteiger partial charge in [0.2, 0.25) is 0 Å². The Hall–Kier alpha value is -1.37. The van der Waals surface area contributed by atoms with E-state index in [1.165, 1.54) is 18.0 Å². The van der Waals surface area contributed by atoms with E-state index in [0.717, 1.165) is 15.5 Å². The van der Waals surface area contributed by atoms with Crippen LogP contribution in [0.4, 0.5) is 0 Å². The number of sulfone groups is 1. The van der Waals surface area contributed by atoms with Crippen molar-refractivity contribution in [3.05, 3.63) is 48.2 Å². The van der Waals surface area contributed by atoms with Crippen molar-refractivity contribution >= 4 is 21.6 Å². The third-order valence-corrected chi connectivity index (χ3v) is 4.78. The zero-order chi connectivity index (χ0) is 14.8. The van der Waals surface area contributed by atoms with Crippen molar-refractivity contribution in [2.24, 2.45) is 0 Å². The first kappa shape index (κ1) is 15.0. The predicted molar refractivity (Wildman–Crippen MR) is 78.5 cm³/mol. The SMILES string of the molecule is C[C@H](O)c1ccnc(Sc2ccc(S(C)(=O)=O)cc2)c1. The van der Waals surface area contributed by atoms with Gasteiger partial charge in [-0.1, -0.05) is 11.8 Å². The summed E-state index contributed by atoms with van der Waals surface area (Å²) in [5.74, 6) is 0. The summed E-state index contributed by atoms with van der Waals surface area (Å²) in [6, 6.07) is 10.2. The molecule has 6 heteroatoms. The van der Waals surface area contributed by atoms with Crippen LogP contribution in [0.2, 0.25) is 0 Å². The van der Waals surface area contributed by atoms with Crippen LogP contribution in [-0.2, 0) is 9.84 Å². The van der Waals surface area contributed by atoms with Crippen molar-refractivity contribution in [1.82, 2.24) is 4.98 Å². The summed E-state index contributed by atoms with van der Waals surface area (Å²) in [5, 5.41) is 10.3. The second-order valence-electron chi connectivity index (χ2n) is 4.45. The van der Waals surface area contributed by atoms with Gasteiger partial charge in [0.15, 0.2) is 9.84 Å². The van der Waals surface area contributed by atoms with Crippen LogP contribution >= 0.6 is 11.8 Å². The van der Waals surface area contributed by atoms with Crippen LogP contribution in [0.25, 0.3) is 0 Å². The molecule has 2 aromatic rings. The van der Waals surface area contributed by atoms with E-state index in [-0.39, 0.29) is 0 Å². The lowest BCUT2D eigenvalue weighted by Gasteiger charge is -2.07. The smallest absolute Gasteiger partial charge is 0.175 e. The van der Waals surface area contributed by atoms with Gasteiger partial charge in [-0.05, 0) is 48.9 Å². The molecule has 0 aliphatic rings. The van der Waals surface area contributed by atoms with Crippen molar-refractivity contribution in [1.29, 1.82) is 0 Å². The summed E-state index contributed by atoms with van der Waals surface area (Å²) in [7, 11) is -3.17. The van der Waals surface area contributed by atoms with Crippen LogP contribution in [0.5, 0.6) is 0 Å². The summed E-state index contributed by atoms with van der Waals surface area (Å²) < 4.78 is 22.8. The van der Waals surface area contributed by atoms with Gasteiger partial charge in [-0.25, -0.2) is 13.4 Å². The highest BCUT2D eigenvalue weighted by Crippen LogP contribution is 2.28. The molecule has 20 heavy (non-hydrogen) atoms. The number of benzene rings is 1. The first-order valence-corrected chi connectivity index (χ1v) is 8.69. The standard InChI is InChI=1S/C14H15NO3S2/c1-10(16)11-7-8-15-14(9-11)19-12-3-5-13(6-4-12)20(2,17)18/h3-10,16H,1-2H3/t10-/m0/s1. The Labute approximate surface area is 122 Å². The molecule has 4 nitrogen and oxygen atoms in total. The quantitative estimate of drug-likeness (QED) is 0.940. The van der Waals surface area contributed by atoms with Crippen LogP contribution < -0.4 is 0 Å². The van der Waals surface area contributed by atoms with Crippen LogP contribution in [-0.4, -0.2) is 24.8 Å². The Morgan fingerprint density at radius 3 is 2.40 bits per heavy atom. The van der Waals surface area contributed by atoms with Crippen LogP contribution in [0, 0.1) is 0 Å². The van der Waals surface area contributed by atoms with Gasteiger partial charge in [0.1, 0.15) is 5.03 Å². The maximum Gasteiger partial charge on any atom is 0.175 e. The lowest BCUT2D eigenvalue weighted by Crippen LogP contribution is -1.96. The first-order valence-electron chi connectivity index (χ1n) is 5.98. The third kappa shape index (κ3) is 3.82. The maximum absolute atomic E-state index is 11.4. The van der Waals surface area contributed by atoms with E-state index in [4.69, 9.17) is 0 Å². The van der Waals surface area contributed by atoms with Gasteiger partial charge in [-0.2, -0.15) is 0 Å². The number of rotatable bonds is 4. The highest BCUT2D eigenvalue weighted by atomic mass is 32.2. The second kappa shape index (κ2) is 5.95. The van der Waals surface area contributed by atoms with Gasteiger partial charge >= 0.3 is 0 Å². The summed E-state index contributed by atoms with van der Waals surface area (Å²) in [6.07, 6.45) is 2.29. The average molecular weight is 309 g/mol. The van der Waals surface area contributed by atoms with Gasteiger partial charge in [0.05, 0.1) is 11.0 Å². The van der Waals surface area contributed by atoms with Gasteiger partial charge in [-0.15, -0.1) is 0 Å². The Balaban J connectivity index is 2.20. The summed E-state index contributed by atoms with van der Waals surface area (Å²) >= 11 is 1.42. The molecular weight excluding hydrogens is 294 g/mol. The molecule has 0 amide bonds. The molecule has 0 spiro atoms. The monoisotopic (exact) mass is 309 g/mol. The van der Waals surface area contributed by atoms with Gasteiger partial charge < -0.3 is 5.11 Å². The molecule has 1 aromatic heterocycles. The highest BCUT2D eigenvalue weighted by molar-refractivity contribution is 7.99. The van der Waals surface area contributed by atoms with Crippen LogP contribution in [0.15, 0.2) is 57.4 Å². The topological polar surface area (TPSA) is 67.3 Å². The predicted octanol–water partition coefficient (Wildman–Crippen LogP) is 2.69. The van der Waals surface area contributed by atoms with E-state index in [9.17, 15) is 13.5 Å². The molecule has 1 heterocycles. The minimum Gasteiger partial charge on any atom is -0.389 e. The molecule has 1 atom stereocenters. The summed E-state index contributed by atoms with van der Waals surface area (Å²) in [6.45, 7) is 1.70. The number of aliphatic hydroxyl groups excluding tert-OH is 1. The van der Waals surface area contributed by atoms with Crippen molar-refractivity contribution in [3.63, 3.8) is 0 Å². The fourth-order valence-electron chi connectivity index (χ4n) is 1.62. The number of pyridine rings is 1. The van der Waals surface area contributed by atoms with E-state index in [1.54, 1.807) is 43.5 Å². The van der Waals surface area contributed by atoms with Gasteiger partial charge in [-0.3, -0.25) is 0 Å². The minimum atomic E-state index is -3.17. The van der Waals surface area contributed by atoms with E-state index in [1.807, 2.05) is 6.07 Å². The second-order valence-corrected chi connectivity index (χ2v) is 7.56. The number of aliphatic hydroxyl groups is 1. The van der Waals surface area contributed by atoms with E-state index in [2.05, 4.69) is 4.98 Å². The largest absolute Gasteiger partial charge is 0.389 e. The summed E-state index contributed by atoms with van der Waals surface area (Å²) in [5.41, 5.74) is 0.801. The Morgan fingerprint density at radius 1 is 1.20 bits per heavy atom.